The van der Waals surface area contributed by atoms with Crippen LogP contribution >= 0.6 is 34.2 Å². The number of hydrogen-bond donors (Lipinski definition) is 0. The standard InChI is InChI=1S/C26H24ClIN2O4/c1-2-33-21-12-16(11-20(28)24(21)34-14-15-3-9-19(27)10-4-15)13-29-30-25(31)22-17-5-6-18(8-7-17)23(22)26(30)32/h3-6,9-13,17-18,22-23H,2,7-8,14H2,1H3/b29-13-/t17-,18-,22-,23-/m0/s1. The summed E-state index contributed by atoms with van der Waals surface area (Å²) in [5, 5.41) is 6.07. The van der Waals surface area contributed by atoms with Crippen molar-refractivity contribution >= 4 is 52.2 Å². The summed E-state index contributed by atoms with van der Waals surface area (Å²) in [5.74, 6) is 0.605. The number of hydrazone groups is 1. The van der Waals surface area contributed by atoms with Crippen LogP contribution in [0.3, 0.4) is 0 Å². The van der Waals surface area contributed by atoms with E-state index in [1.165, 1.54) is 0 Å². The number of fused-ring (bicyclic) bond motifs is 1. The van der Waals surface area contributed by atoms with Gasteiger partial charge in [0.25, 0.3) is 11.8 Å². The highest BCUT2D eigenvalue weighted by molar-refractivity contribution is 14.1. The van der Waals surface area contributed by atoms with E-state index in [0.717, 1.165) is 32.5 Å². The summed E-state index contributed by atoms with van der Waals surface area (Å²) in [5.41, 5.74) is 1.72. The van der Waals surface area contributed by atoms with Gasteiger partial charge in [-0.25, -0.2) is 0 Å². The molecule has 1 saturated carbocycles. The van der Waals surface area contributed by atoms with E-state index in [1.54, 1.807) is 6.21 Å². The Kier molecular flexibility index (Phi) is 6.66. The Bertz CT molecular complexity index is 1150. The number of benzene rings is 2. The zero-order valence-electron chi connectivity index (χ0n) is 18.6. The lowest BCUT2D eigenvalue weighted by Crippen LogP contribution is -2.38. The molecule has 8 heteroatoms. The van der Waals surface area contributed by atoms with Crippen LogP contribution in [0.5, 0.6) is 11.5 Å². The Hall–Kier alpha value is -2.39. The van der Waals surface area contributed by atoms with Gasteiger partial charge in [0, 0.05) is 5.02 Å². The van der Waals surface area contributed by atoms with E-state index in [9.17, 15) is 9.59 Å². The number of amides is 2. The molecular formula is C26H24ClIN2O4. The number of nitrogens with zero attached hydrogens (tertiary/aromatic N) is 2. The van der Waals surface area contributed by atoms with Crippen LogP contribution in [-0.4, -0.2) is 29.6 Å². The molecule has 4 atom stereocenters. The molecule has 2 aromatic rings. The van der Waals surface area contributed by atoms with Crippen molar-refractivity contribution in [2.75, 3.05) is 6.61 Å². The topological polar surface area (TPSA) is 68.2 Å². The summed E-state index contributed by atoms with van der Waals surface area (Å²) >= 11 is 8.15. The van der Waals surface area contributed by atoms with Crippen molar-refractivity contribution in [1.82, 2.24) is 5.01 Å². The van der Waals surface area contributed by atoms with Crippen molar-refractivity contribution in [2.24, 2.45) is 28.8 Å². The quantitative estimate of drug-likeness (QED) is 0.186. The summed E-state index contributed by atoms with van der Waals surface area (Å²) in [6, 6.07) is 11.2. The highest BCUT2D eigenvalue weighted by Gasteiger charge is 2.56. The summed E-state index contributed by atoms with van der Waals surface area (Å²) in [7, 11) is 0. The Morgan fingerprint density at radius 1 is 1.06 bits per heavy atom. The number of carbonyl (C=O) groups excluding carboxylic acids is 2. The van der Waals surface area contributed by atoms with Crippen LogP contribution in [0, 0.1) is 27.2 Å². The largest absolute Gasteiger partial charge is 0.490 e. The first-order valence-corrected chi connectivity index (χ1v) is 12.9. The van der Waals surface area contributed by atoms with Crippen LogP contribution in [0.4, 0.5) is 0 Å². The van der Waals surface area contributed by atoms with Crippen LogP contribution in [0.2, 0.25) is 5.02 Å². The first kappa shape index (κ1) is 23.4. The molecule has 2 fully saturated rings. The van der Waals surface area contributed by atoms with Crippen molar-refractivity contribution in [2.45, 2.75) is 26.4 Å². The average molecular weight is 591 g/mol. The molecule has 34 heavy (non-hydrogen) atoms. The van der Waals surface area contributed by atoms with Gasteiger partial charge >= 0.3 is 0 Å². The fourth-order valence-corrected chi connectivity index (χ4v) is 6.01. The molecule has 176 valence electrons. The number of halogens is 2. The second kappa shape index (κ2) is 9.70. The molecule has 1 aliphatic heterocycles. The van der Waals surface area contributed by atoms with E-state index in [0.29, 0.717) is 29.7 Å². The van der Waals surface area contributed by atoms with Crippen molar-refractivity contribution in [3.8, 4) is 11.5 Å². The smallest absolute Gasteiger partial charge is 0.254 e. The van der Waals surface area contributed by atoms with E-state index in [-0.39, 0.29) is 35.5 Å². The van der Waals surface area contributed by atoms with E-state index in [1.807, 2.05) is 43.3 Å². The normalized spacial score (nSPS) is 25.3. The van der Waals surface area contributed by atoms with Gasteiger partial charge in [0.05, 0.1) is 28.2 Å². The number of hydrogen-bond acceptors (Lipinski definition) is 5. The Morgan fingerprint density at radius 2 is 1.71 bits per heavy atom. The lowest BCUT2D eigenvalue weighted by atomic mass is 9.63. The van der Waals surface area contributed by atoms with Crippen LogP contribution in [0.1, 0.15) is 30.9 Å². The molecule has 3 aliphatic carbocycles. The number of carbonyl (C=O) groups is 2. The number of rotatable bonds is 7. The third-order valence-electron chi connectivity index (χ3n) is 6.69. The van der Waals surface area contributed by atoms with E-state index in [2.05, 4.69) is 39.8 Å². The highest BCUT2D eigenvalue weighted by atomic mass is 127. The minimum atomic E-state index is -0.267. The van der Waals surface area contributed by atoms with Crippen molar-refractivity contribution < 1.29 is 19.1 Å². The summed E-state index contributed by atoms with van der Waals surface area (Å²) in [6.07, 6.45) is 7.69. The van der Waals surface area contributed by atoms with Gasteiger partial charge in [0.1, 0.15) is 6.61 Å². The van der Waals surface area contributed by atoms with Gasteiger partial charge < -0.3 is 9.47 Å². The van der Waals surface area contributed by atoms with Gasteiger partial charge in [-0.15, -0.1) is 0 Å². The van der Waals surface area contributed by atoms with Crippen LogP contribution in [-0.2, 0) is 16.2 Å². The molecule has 6 rings (SSSR count). The molecule has 2 aromatic carbocycles. The fraction of sp³-hybridized carbons (Fsp3) is 0.346. The molecule has 4 aliphatic rings. The molecule has 2 bridgehead atoms. The third kappa shape index (κ3) is 4.35. The zero-order valence-corrected chi connectivity index (χ0v) is 21.5. The minimum absolute atomic E-state index is 0.147. The zero-order chi connectivity index (χ0) is 23.8. The molecular weight excluding hydrogens is 567 g/mol. The predicted octanol–water partition coefficient (Wildman–Crippen LogP) is 5.45. The lowest BCUT2D eigenvalue weighted by molar-refractivity contribution is -0.140. The maximum absolute atomic E-state index is 13.0. The molecule has 1 saturated heterocycles. The summed E-state index contributed by atoms with van der Waals surface area (Å²) in [6.45, 7) is 2.75. The SMILES string of the molecule is CCOc1cc(/C=N\N2C(=O)[C@@H]3[C@@H](C2=O)[C@H]2C=C[C@H]3CC2)cc(I)c1OCc1ccc(Cl)cc1. The molecule has 0 unspecified atom stereocenters. The first-order valence-electron chi connectivity index (χ1n) is 11.4. The van der Waals surface area contributed by atoms with Gasteiger partial charge in [0.2, 0.25) is 0 Å². The second-order valence-corrected chi connectivity index (χ2v) is 10.4. The highest BCUT2D eigenvalue weighted by Crippen LogP contribution is 2.49. The summed E-state index contributed by atoms with van der Waals surface area (Å²) in [4.78, 5) is 26.0. The maximum Gasteiger partial charge on any atom is 0.254 e. The Balaban J connectivity index is 1.35. The van der Waals surface area contributed by atoms with Crippen LogP contribution in [0.25, 0.3) is 0 Å². The van der Waals surface area contributed by atoms with E-state index < -0.39 is 0 Å². The monoisotopic (exact) mass is 590 g/mol. The minimum Gasteiger partial charge on any atom is -0.490 e. The number of imide groups is 1. The van der Waals surface area contributed by atoms with Gasteiger partial charge in [-0.3, -0.25) is 9.59 Å². The third-order valence-corrected chi connectivity index (χ3v) is 7.74. The molecule has 0 N–H and O–H groups in total. The summed E-state index contributed by atoms with van der Waals surface area (Å²) < 4.78 is 12.7. The molecule has 6 nitrogen and oxygen atoms in total. The maximum atomic E-state index is 13.0. The van der Waals surface area contributed by atoms with Gasteiger partial charge in [0.15, 0.2) is 11.5 Å². The van der Waals surface area contributed by atoms with Crippen molar-refractivity contribution in [3.63, 3.8) is 0 Å². The molecule has 0 aromatic heterocycles. The second-order valence-electron chi connectivity index (χ2n) is 8.75. The van der Waals surface area contributed by atoms with E-state index in [4.69, 9.17) is 21.1 Å². The number of ether oxygens (including phenoxy) is 2. The molecule has 0 radical (unpaired) electrons. The Labute approximate surface area is 217 Å². The average Bonchev–Trinajstić information content (AvgIpc) is 3.11. The number of allylic oxidation sites excluding steroid dienone is 2. The Morgan fingerprint density at radius 3 is 2.29 bits per heavy atom. The van der Waals surface area contributed by atoms with E-state index >= 15 is 0 Å². The van der Waals surface area contributed by atoms with Crippen molar-refractivity contribution in [1.29, 1.82) is 0 Å². The lowest BCUT2D eigenvalue weighted by Gasteiger charge is -2.37. The van der Waals surface area contributed by atoms with Gasteiger partial charge in [-0.1, -0.05) is 35.9 Å². The fourth-order valence-electron chi connectivity index (χ4n) is 5.10. The molecule has 0 spiro atoms. The predicted molar refractivity (Wildman–Crippen MR) is 138 cm³/mol. The van der Waals surface area contributed by atoms with Crippen LogP contribution < -0.4 is 9.47 Å². The molecule has 1 heterocycles. The van der Waals surface area contributed by atoms with Gasteiger partial charge in [-0.05, 0) is 89.6 Å². The van der Waals surface area contributed by atoms with Crippen molar-refractivity contribution in [3.05, 3.63) is 68.3 Å². The molecule has 2 amide bonds. The van der Waals surface area contributed by atoms with Gasteiger partial charge in [-0.2, -0.15) is 10.1 Å². The van der Waals surface area contributed by atoms with Crippen LogP contribution in [0.15, 0.2) is 53.7 Å². The first-order chi connectivity index (χ1) is 16.5.